The SMILES string of the molecule is CCC(CO)Nc1nc(NCc2ccc(OC)cc2)c2ncn(C(C)C)c2n1. The van der Waals surface area contributed by atoms with Crippen molar-refractivity contribution in [1.29, 1.82) is 0 Å². The van der Waals surface area contributed by atoms with E-state index in [9.17, 15) is 5.11 Å². The Morgan fingerprint density at radius 2 is 1.93 bits per heavy atom. The third kappa shape index (κ3) is 4.33. The highest BCUT2D eigenvalue weighted by atomic mass is 16.5. The number of hydrogen-bond donors (Lipinski definition) is 3. The monoisotopic (exact) mass is 384 g/mol. The molecule has 8 heteroatoms. The van der Waals surface area contributed by atoms with E-state index >= 15 is 0 Å². The summed E-state index contributed by atoms with van der Waals surface area (Å²) in [5, 5.41) is 16.1. The molecule has 1 atom stereocenters. The number of rotatable bonds is 9. The number of aliphatic hydroxyl groups excluding tert-OH is 1. The van der Waals surface area contributed by atoms with Gasteiger partial charge in [-0.2, -0.15) is 9.97 Å². The fraction of sp³-hybridized carbons (Fsp3) is 0.450. The molecule has 2 heterocycles. The van der Waals surface area contributed by atoms with Crippen molar-refractivity contribution in [3.05, 3.63) is 36.2 Å². The maximum absolute atomic E-state index is 9.51. The molecule has 3 N–H and O–H groups in total. The van der Waals surface area contributed by atoms with Crippen LogP contribution in [0.2, 0.25) is 0 Å². The van der Waals surface area contributed by atoms with Gasteiger partial charge >= 0.3 is 0 Å². The maximum Gasteiger partial charge on any atom is 0.227 e. The zero-order valence-corrected chi connectivity index (χ0v) is 16.8. The van der Waals surface area contributed by atoms with Gasteiger partial charge in [0.15, 0.2) is 17.0 Å². The lowest BCUT2D eigenvalue weighted by Gasteiger charge is -2.16. The molecule has 3 aromatic rings. The van der Waals surface area contributed by atoms with Crippen LogP contribution in [0, 0.1) is 0 Å². The van der Waals surface area contributed by atoms with Gasteiger partial charge in [-0.05, 0) is 38.0 Å². The van der Waals surface area contributed by atoms with E-state index in [1.165, 1.54) is 0 Å². The molecule has 1 aromatic carbocycles. The molecule has 28 heavy (non-hydrogen) atoms. The molecular formula is C20H28N6O2. The minimum atomic E-state index is -0.0951. The molecule has 0 saturated carbocycles. The predicted octanol–water partition coefficient (Wildman–Crippen LogP) is 3.21. The molecule has 0 aliphatic heterocycles. The zero-order valence-electron chi connectivity index (χ0n) is 16.8. The summed E-state index contributed by atoms with van der Waals surface area (Å²) in [5.41, 5.74) is 2.59. The lowest BCUT2D eigenvalue weighted by Crippen LogP contribution is -2.24. The number of anilines is 2. The van der Waals surface area contributed by atoms with Crippen LogP contribution in [0.15, 0.2) is 30.6 Å². The summed E-state index contributed by atoms with van der Waals surface area (Å²) in [6, 6.07) is 8.01. The third-order valence-electron chi connectivity index (χ3n) is 4.64. The molecule has 8 nitrogen and oxygen atoms in total. The average molecular weight is 384 g/mol. The van der Waals surface area contributed by atoms with Crippen molar-refractivity contribution in [2.75, 3.05) is 24.4 Å². The van der Waals surface area contributed by atoms with Crippen LogP contribution in [0.4, 0.5) is 11.8 Å². The number of nitrogens with one attached hydrogen (secondary N) is 2. The number of hydrogen-bond acceptors (Lipinski definition) is 7. The molecule has 150 valence electrons. The maximum atomic E-state index is 9.51. The van der Waals surface area contributed by atoms with Crippen LogP contribution >= 0.6 is 0 Å². The van der Waals surface area contributed by atoms with E-state index in [-0.39, 0.29) is 18.7 Å². The molecule has 2 aromatic heterocycles. The molecule has 0 radical (unpaired) electrons. The Morgan fingerprint density at radius 1 is 1.18 bits per heavy atom. The Bertz CT molecular complexity index is 903. The van der Waals surface area contributed by atoms with Gasteiger partial charge in [0.1, 0.15) is 5.75 Å². The van der Waals surface area contributed by atoms with E-state index < -0.39 is 0 Å². The first-order valence-electron chi connectivity index (χ1n) is 9.54. The van der Waals surface area contributed by atoms with E-state index in [0.29, 0.717) is 18.3 Å². The van der Waals surface area contributed by atoms with Crippen molar-refractivity contribution in [2.45, 2.75) is 45.8 Å². The Kier molecular flexibility index (Phi) is 6.30. The van der Waals surface area contributed by atoms with Gasteiger partial charge in [-0.1, -0.05) is 19.1 Å². The summed E-state index contributed by atoms with van der Waals surface area (Å²) in [6.07, 6.45) is 2.56. The Labute approximate surface area is 165 Å². The third-order valence-corrected chi connectivity index (χ3v) is 4.64. The van der Waals surface area contributed by atoms with Crippen LogP contribution in [0.3, 0.4) is 0 Å². The number of imidazole rings is 1. The van der Waals surface area contributed by atoms with Gasteiger partial charge < -0.3 is 25.0 Å². The minimum absolute atomic E-state index is 0.0238. The smallest absolute Gasteiger partial charge is 0.227 e. The molecule has 0 saturated heterocycles. The molecular weight excluding hydrogens is 356 g/mol. The lowest BCUT2D eigenvalue weighted by atomic mass is 10.2. The topological polar surface area (TPSA) is 97.1 Å². The zero-order chi connectivity index (χ0) is 20.1. The number of aliphatic hydroxyl groups is 1. The molecule has 0 fully saturated rings. The second-order valence-corrected chi connectivity index (χ2v) is 6.95. The Hall–Kier alpha value is -2.87. The van der Waals surface area contributed by atoms with Crippen LogP contribution < -0.4 is 15.4 Å². The van der Waals surface area contributed by atoms with Crippen molar-refractivity contribution in [2.24, 2.45) is 0 Å². The van der Waals surface area contributed by atoms with Gasteiger partial charge in [0.05, 0.1) is 26.1 Å². The number of methoxy groups -OCH3 is 1. The molecule has 0 bridgehead atoms. The predicted molar refractivity (Wildman–Crippen MR) is 111 cm³/mol. The molecule has 0 amide bonds. The van der Waals surface area contributed by atoms with Crippen LogP contribution in [0.5, 0.6) is 5.75 Å². The number of fused-ring (bicyclic) bond motifs is 1. The summed E-state index contributed by atoms with van der Waals surface area (Å²) < 4.78 is 7.22. The second kappa shape index (κ2) is 8.88. The van der Waals surface area contributed by atoms with Crippen molar-refractivity contribution in [3.8, 4) is 5.75 Å². The standard InChI is InChI=1S/C20H28N6O2/c1-5-15(11-27)23-20-24-18(17-19(25-20)26(12-22-17)13(2)3)21-10-14-6-8-16(28-4)9-7-14/h6-9,12-13,15,27H,5,10-11H2,1-4H3,(H2,21,23,24,25). The fourth-order valence-electron chi connectivity index (χ4n) is 2.87. The number of benzene rings is 1. The summed E-state index contributed by atoms with van der Waals surface area (Å²) in [7, 11) is 1.65. The molecule has 1 unspecified atom stereocenters. The summed E-state index contributed by atoms with van der Waals surface area (Å²) in [6.45, 7) is 6.80. The van der Waals surface area contributed by atoms with Crippen molar-refractivity contribution >= 4 is 22.9 Å². The van der Waals surface area contributed by atoms with Gasteiger partial charge in [0.2, 0.25) is 5.95 Å². The fourth-order valence-corrected chi connectivity index (χ4v) is 2.87. The highest BCUT2D eigenvalue weighted by molar-refractivity contribution is 5.84. The van der Waals surface area contributed by atoms with Gasteiger partial charge in [0.25, 0.3) is 0 Å². The number of ether oxygens (including phenoxy) is 1. The van der Waals surface area contributed by atoms with Crippen LogP contribution in [0.25, 0.3) is 11.2 Å². The Balaban J connectivity index is 1.91. The first-order chi connectivity index (χ1) is 13.5. The quantitative estimate of drug-likeness (QED) is 0.521. The van der Waals surface area contributed by atoms with Crippen LogP contribution in [-0.2, 0) is 6.54 Å². The molecule has 0 spiro atoms. The highest BCUT2D eigenvalue weighted by Crippen LogP contribution is 2.24. The van der Waals surface area contributed by atoms with E-state index in [0.717, 1.165) is 28.9 Å². The van der Waals surface area contributed by atoms with Gasteiger partial charge in [-0.25, -0.2) is 4.98 Å². The summed E-state index contributed by atoms with van der Waals surface area (Å²) >= 11 is 0. The van der Waals surface area contributed by atoms with Crippen LogP contribution in [0.1, 0.15) is 38.8 Å². The van der Waals surface area contributed by atoms with Gasteiger partial charge in [-0.3, -0.25) is 0 Å². The first kappa shape index (κ1) is 19.9. The summed E-state index contributed by atoms with van der Waals surface area (Å²) in [4.78, 5) is 13.8. The number of aromatic nitrogens is 4. The largest absolute Gasteiger partial charge is 0.497 e. The minimum Gasteiger partial charge on any atom is -0.497 e. The van der Waals surface area contributed by atoms with Crippen LogP contribution in [-0.4, -0.2) is 44.4 Å². The number of nitrogens with zero attached hydrogens (tertiary/aromatic N) is 4. The lowest BCUT2D eigenvalue weighted by molar-refractivity contribution is 0.271. The second-order valence-electron chi connectivity index (χ2n) is 6.95. The van der Waals surface area contributed by atoms with Gasteiger partial charge in [-0.15, -0.1) is 0 Å². The average Bonchev–Trinajstić information content (AvgIpc) is 3.15. The van der Waals surface area contributed by atoms with Crippen molar-refractivity contribution < 1.29 is 9.84 Å². The van der Waals surface area contributed by atoms with E-state index in [2.05, 4.69) is 39.4 Å². The summed E-state index contributed by atoms with van der Waals surface area (Å²) in [5.74, 6) is 1.97. The Morgan fingerprint density at radius 3 is 2.54 bits per heavy atom. The normalized spacial score (nSPS) is 12.4. The first-order valence-corrected chi connectivity index (χ1v) is 9.54. The van der Waals surface area contributed by atoms with E-state index in [1.807, 2.05) is 35.8 Å². The van der Waals surface area contributed by atoms with E-state index in [1.54, 1.807) is 13.4 Å². The van der Waals surface area contributed by atoms with Crippen molar-refractivity contribution in [1.82, 2.24) is 19.5 Å². The van der Waals surface area contributed by atoms with E-state index in [4.69, 9.17) is 4.74 Å². The van der Waals surface area contributed by atoms with Crippen molar-refractivity contribution in [3.63, 3.8) is 0 Å². The van der Waals surface area contributed by atoms with Gasteiger partial charge in [0, 0.05) is 12.6 Å². The molecule has 0 aliphatic carbocycles. The highest BCUT2D eigenvalue weighted by Gasteiger charge is 2.16. The molecule has 3 rings (SSSR count). The molecule has 0 aliphatic rings.